The molecule has 7 nitrogen and oxygen atoms in total. The molecule has 8 heteroatoms. The first-order valence-electron chi connectivity index (χ1n) is 6.25. The van der Waals surface area contributed by atoms with Gasteiger partial charge in [-0.3, -0.25) is 14.2 Å². The highest BCUT2D eigenvalue weighted by molar-refractivity contribution is 7.55. The van der Waals surface area contributed by atoms with Crippen molar-refractivity contribution in [3.63, 3.8) is 0 Å². The third-order valence-corrected chi connectivity index (χ3v) is 5.35. The van der Waals surface area contributed by atoms with E-state index in [0.29, 0.717) is 32.6 Å². The zero-order valence-electron chi connectivity index (χ0n) is 11.4. The van der Waals surface area contributed by atoms with Crippen molar-refractivity contribution in [1.82, 2.24) is 9.57 Å². The van der Waals surface area contributed by atoms with Crippen LogP contribution >= 0.6 is 7.52 Å². The standard InChI is InChI=1S/C11H21N2O5P/c1-18-19(2,17)13-8-6-12(7-9-13)10(14)4-3-5-11(15)16/h3-9H2,1-2H3,(H,15,16). The van der Waals surface area contributed by atoms with Gasteiger partial charge in [-0.25, -0.2) is 4.67 Å². The first-order chi connectivity index (χ1) is 8.86. The van der Waals surface area contributed by atoms with Crippen LogP contribution in [0.1, 0.15) is 19.3 Å². The zero-order valence-corrected chi connectivity index (χ0v) is 12.3. The Bertz CT molecular complexity index is 379. The summed E-state index contributed by atoms with van der Waals surface area (Å²) < 4.78 is 18.7. The van der Waals surface area contributed by atoms with E-state index in [1.807, 2.05) is 0 Å². The molecule has 0 radical (unpaired) electrons. The molecule has 1 aliphatic rings. The molecule has 110 valence electrons. The summed E-state index contributed by atoms with van der Waals surface area (Å²) in [6, 6.07) is 0. The fourth-order valence-electron chi connectivity index (χ4n) is 1.97. The van der Waals surface area contributed by atoms with Gasteiger partial charge in [-0.1, -0.05) is 0 Å². The maximum absolute atomic E-state index is 12.0. The van der Waals surface area contributed by atoms with Gasteiger partial charge in [0.2, 0.25) is 5.91 Å². The van der Waals surface area contributed by atoms with E-state index < -0.39 is 13.5 Å². The Morgan fingerprint density at radius 1 is 1.21 bits per heavy atom. The highest BCUT2D eigenvalue weighted by Gasteiger charge is 2.30. The molecule has 1 heterocycles. The van der Waals surface area contributed by atoms with Crippen molar-refractivity contribution in [1.29, 1.82) is 0 Å². The number of rotatable bonds is 6. The molecule has 0 bridgehead atoms. The summed E-state index contributed by atoms with van der Waals surface area (Å²) in [5, 5.41) is 8.51. The van der Waals surface area contributed by atoms with Crippen LogP contribution in [0.2, 0.25) is 0 Å². The molecule has 0 aromatic carbocycles. The number of piperazine rings is 1. The second-order valence-electron chi connectivity index (χ2n) is 4.57. The molecule has 1 unspecified atom stereocenters. The van der Waals surface area contributed by atoms with E-state index in [1.165, 1.54) is 7.11 Å². The minimum atomic E-state index is -2.72. The van der Waals surface area contributed by atoms with E-state index in [4.69, 9.17) is 9.63 Å². The Morgan fingerprint density at radius 2 is 1.79 bits per heavy atom. The second kappa shape index (κ2) is 7.03. The molecule has 0 saturated carbocycles. The van der Waals surface area contributed by atoms with Crippen LogP contribution in [0, 0.1) is 0 Å². The van der Waals surface area contributed by atoms with Crippen LogP contribution < -0.4 is 0 Å². The number of aliphatic carboxylic acids is 1. The van der Waals surface area contributed by atoms with Crippen molar-refractivity contribution >= 4 is 19.4 Å². The number of carboxylic acid groups (broad SMARTS) is 1. The average molecular weight is 292 g/mol. The number of carboxylic acids is 1. The van der Waals surface area contributed by atoms with Crippen molar-refractivity contribution in [2.45, 2.75) is 19.3 Å². The van der Waals surface area contributed by atoms with Crippen LogP contribution in [-0.4, -0.2) is 66.5 Å². The Morgan fingerprint density at radius 3 is 2.26 bits per heavy atom. The third kappa shape index (κ3) is 4.93. The average Bonchev–Trinajstić information content (AvgIpc) is 2.38. The van der Waals surface area contributed by atoms with E-state index in [1.54, 1.807) is 16.2 Å². The summed E-state index contributed by atoms with van der Waals surface area (Å²) in [6.07, 6.45) is 0.624. The Balaban J connectivity index is 2.35. The number of nitrogens with zero attached hydrogens (tertiary/aromatic N) is 2. The molecule has 0 aromatic rings. The van der Waals surface area contributed by atoms with Gasteiger partial charge < -0.3 is 14.5 Å². The molecule has 19 heavy (non-hydrogen) atoms. The molecular weight excluding hydrogens is 271 g/mol. The minimum Gasteiger partial charge on any atom is -0.481 e. The maximum Gasteiger partial charge on any atom is 0.303 e. The Kier molecular flexibility index (Phi) is 5.97. The van der Waals surface area contributed by atoms with Crippen molar-refractivity contribution in [3.05, 3.63) is 0 Å². The molecule has 1 N–H and O–H groups in total. The van der Waals surface area contributed by atoms with Gasteiger partial charge in [0.05, 0.1) is 0 Å². The summed E-state index contributed by atoms with van der Waals surface area (Å²) in [5.74, 6) is -0.922. The number of carbonyl (C=O) groups excluding carboxylic acids is 1. The van der Waals surface area contributed by atoms with Crippen molar-refractivity contribution < 1.29 is 23.8 Å². The van der Waals surface area contributed by atoms with Crippen LogP contribution in [0.3, 0.4) is 0 Å². The van der Waals surface area contributed by atoms with Gasteiger partial charge in [0.15, 0.2) is 0 Å². The second-order valence-corrected chi connectivity index (χ2v) is 7.10. The molecule has 0 spiro atoms. The van der Waals surface area contributed by atoms with E-state index in [0.717, 1.165) is 0 Å². The highest BCUT2D eigenvalue weighted by atomic mass is 31.2. The predicted octanol–water partition coefficient (Wildman–Crippen LogP) is 0.855. The molecule has 1 fully saturated rings. The SMILES string of the molecule is COP(C)(=O)N1CCN(C(=O)CCCC(=O)O)CC1. The van der Waals surface area contributed by atoms with Gasteiger partial charge in [-0.2, -0.15) is 0 Å². The van der Waals surface area contributed by atoms with Crippen LogP contribution in [0.25, 0.3) is 0 Å². The van der Waals surface area contributed by atoms with Crippen molar-refractivity contribution in [3.8, 4) is 0 Å². The number of carbonyl (C=O) groups is 2. The summed E-state index contributed by atoms with van der Waals surface area (Å²) in [4.78, 5) is 23.9. The molecule has 0 aromatic heterocycles. The van der Waals surface area contributed by atoms with Crippen molar-refractivity contribution in [2.75, 3.05) is 40.0 Å². The van der Waals surface area contributed by atoms with Gasteiger partial charge in [-0.15, -0.1) is 0 Å². The van der Waals surface area contributed by atoms with Gasteiger partial charge in [-0.05, 0) is 6.42 Å². The summed E-state index contributed by atoms with van der Waals surface area (Å²) in [5.41, 5.74) is 0. The minimum absolute atomic E-state index is 0.0134. The largest absolute Gasteiger partial charge is 0.481 e. The molecular formula is C11H21N2O5P. The van der Waals surface area contributed by atoms with Gasteiger partial charge in [0.25, 0.3) is 7.52 Å². The molecule has 1 rings (SSSR count). The number of hydrogen-bond donors (Lipinski definition) is 1. The topological polar surface area (TPSA) is 87.2 Å². The van der Waals surface area contributed by atoms with E-state index in [2.05, 4.69) is 0 Å². The predicted molar refractivity (Wildman–Crippen MR) is 70.2 cm³/mol. The summed E-state index contributed by atoms with van der Waals surface area (Å²) >= 11 is 0. The Hall–Kier alpha value is -0.910. The lowest BCUT2D eigenvalue weighted by atomic mass is 10.2. The fourth-order valence-corrected chi connectivity index (χ4v) is 3.11. The summed E-state index contributed by atoms with van der Waals surface area (Å²) in [7, 11) is -1.30. The van der Waals surface area contributed by atoms with Crippen LogP contribution in [0.5, 0.6) is 0 Å². The Labute approximate surface area is 113 Å². The first-order valence-corrected chi connectivity index (χ1v) is 8.27. The fraction of sp³-hybridized carbons (Fsp3) is 0.818. The smallest absolute Gasteiger partial charge is 0.303 e. The van der Waals surface area contributed by atoms with Crippen LogP contribution in [-0.2, 0) is 18.7 Å². The molecule has 1 saturated heterocycles. The van der Waals surface area contributed by atoms with Crippen molar-refractivity contribution in [2.24, 2.45) is 0 Å². The normalized spacial score (nSPS) is 20.0. The van der Waals surface area contributed by atoms with E-state index in [9.17, 15) is 14.2 Å². The van der Waals surface area contributed by atoms with E-state index in [-0.39, 0.29) is 18.7 Å². The highest BCUT2D eigenvalue weighted by Crippen LogP contribution is 2.46. The molecule has 1 aliphatic heterocycles. The lowest BCUT2D eigenvalue weighted by Gasteiger charge is -2.36. The number of amides is 1. The van der Waals surface area contributed by atoms with Gasteiger partial charge in [0, 0.05) is 52.8 Å². The quantitative estimate of drug-likeness (QED) is 0.730. The molecule has 1 atom stereocenters. The molecule has 1 amide bonds. The number of hydrogen-bond acceptors (Lipinski definition) is 4. The van der Waals surface area contributed by atoms with Crippen LogP contribution in [0.4, 0.5) is 0 Å². The first kappa shape index (κ1) is 16.1. The van der Waals surface area contributed by atoms with Gasteiger partial charge >= 0.3 is 5.97 Å². The van der Waals surface area contributed by atoms with Gasteiger partial charge in [0.1, 0.15) is 0 Å². The zero-order chi connectivity index (χ0) is 14.5. The third-order valence-electron chi connectivity index (χ3n) is 3.24. The van der Waals surface area contributed by atoms with Crippen LogP contribution in [0.15, 0.2) is 0 Å². The molecule has 0 aliphatic carbocycles. The summed E-state index contributed by atoms with van der Waals surface area (Å²) in [6.45, 7) is 3.62. The van der Waals surface area contributed by atoms with E-state index >= 15 is 0 Å². The monoisotopic (exact) mass is 292 g/mol. The lowest BCUT2D eigenvalue weighted by Crippen LogP contribution is -2.47. The lowest BCUT2D eigenvalue weighted by molar-refractivity contribution is -0.137. The maximum atomic E-state index is 12.0.